The van der Waals surface area contributed by atoms with Crippen molar-refractivity contribution in [1.82, 2.24) is 40.3 Å². The van der Waals surface area contributed by atoms with Gasteiger partial charge in [-0.25, -0.2) is 9.97 Å². The van der Waals surface area contributed by atoms with E-state index in [1.807, 2.05) is 17.3 Å². The third-order valence-electron chi connectivity index (χ3n) is 9.50. The zero-order valence-electron chi connectivity index (χ0n) is 26.4. The summed E-state index contributed by atoms with van der Waals surface area (Å²) in [6.45, 7) is 7.55. The molecule has 0 spiro atoms. The first-order chi connectivity index (χ1) is 21.9. The Bertz CT molecular complexity index is 1660. The molecule has 7 rings (SSSR count). The van der Waals surface area contributed by atoms with Crippen molar-refractivity contribution in [2.45, 2.75) is 57.7 Å². The fraction of sp³-hybridized carbons (Fsp3) is 0.412. The number of nitrogens with zero attached hydrogens (tertiary/aromatic N) is 5. The lowest BCUT2D eigenvalue weighted by Gasteiger charge is -2.30. The lowest BCUT2D eigenvalue weighted by Crippen LogP contribution is -2.53. The van der Waals surface area contributed by atoms with Crippen molar-refractivity contribution >= 4 is 19.8 Å². The second kappa shape index (κ2) is 12.6. The minimum Gasteiger partial charge on any atom is -0.355 e. The van der Waals surface area contributed by atoms with Gasteiger partial charge in [-0.15, -0.1) is 0 Å². The van der Waals surface area contributed by atoms with E-state index in [-0.39, 0.29) is 23.9 Å². The number of carbonyl (C=O) groups excluding carboxylic acids is 1. The van der Waals surface area contributed by atoms with Gasteiger partial charge in [-0.2, -0.15) is 0 Å². The van der Waals surface area contributed by atoms with Crippen molar-refractivity contribution in [3.8, 4) is 33.6 Å². The van der Waals surface area contributed by atoms with Crippen LogP contribution in [0.15, 0.2) is 65.9 Å². The fourth-order valence-electron chi connectivity index (χ4n) is 6.89. The standard InChI is InChI=1S/C34H42BN9O/c1-21(2)30(42-34-36-15-16-37-34)33(45)43-17-3-5-28(43)31-38-19-26(40-31)24-11-7-22(8-12-24)23-9-13-25(14-10-23)27-20-39-32(41-27)29-6-4-18-44(29)35/h7-14,19-21,28-30H,3-6,15-18,35H2,1-2H3,(H,38,40)(H,39,41)(H2,36,37,42)/t28-,29-,30-/m0/s1. The summed E-state index contributed by atoms with van der Waals surface area (Å²) in [4.78, 5) is 39.0. The van der Waals surface area contributed by atoms with Crippen LogP contribution in [0.3, 0.4) is 0 Å². The molecule has 0 aliphatic carbocycles. The van der Waals surface area contributed by atoms with E-state index in [1.54, 1.807) is 0 Å². The number of hydrogen-bond donors (Lipinski definition) is 4. The Kier molecular flexibility index (Phi) is 8.19. The molecular weight excluding hydrogens is 561 g/mol. The molecule has 0 unspecified atom stereocenters. The quantitative estimate of drug-likeness (QED) is 0.226. The second-order valence-electron chi connectivity index (χ2n) is 12.9. The molecular formula is C34H42BN9O. The monoisotopic (exact) mass is 603 g/mol. The molecule has 2 saturated heterocycles. The van der Waals surface area contributed by atoms with Crippen LogP contribution in [-0.2, 0) is 4.79 Å². The average Bonchev–Trinajstić information content (AvgIpc) is 3.89. The zero-order valence-corrected chi connectivity index (χ0v) is 26.4. The first-order valence-electron chi connectivity index (χ1n) is 16.3. The molecule has 4 aromatic rings. The highest BCUT2D eigenvalue weighted by Crippen LogP contribution is 2.34. The van der Waals surface area contributed by atoms with Crippen LogP contribution in [0.4, 0.5) is 0 Å². The summed E-state index contributed by atoms with van der Waals surface area (Å²) in [5.74, 6) is 2.86. The number of rotatable bonds is 8. The van der Waals surface area contributed by atoms with Crippen LogP contribution < -0.4 is 10.6 Å². The minimum atomic E-state index is -0.332. The average molecular weight is 604 g/mol. The fourth-order valence-corrected chi connectivity index (χ4v) is 6.89. The van der Waals surface area contributed by atoms with Crippen LogP contribution in [0.5, 0.6) is 0 Å². The minimum absolute atomic E-state index is 0.0596. The number of aliphatic imine (C=N–C) groups is 1. The molecule has 3 aliphatic rings. The molecule has 0 radical (unpaired) electrons. The SMILES string of the molecule is BN1CCC[C@H]1c1ncc(-c2ccc(-c3ccc(-c4cnc([C@@H]5CCCN5C(=O)[C@@H](NC5=NCCN5)C(C)C)[nH]4)cc3)cc2)[nH]1. The Morgan fingerprint density at radius 3 is 1.93 bits per heavy atom. The van der Waals surface area contributed by atoms with Crippen molar-refractivity contribution in [3.05, 3.63) is 72.6 Å². The highest BCUT2D eigenvalue weighted by atomic mass is 16.2. The van der Waals surface area contributed by atoms with E-state index in [0.717, 1.165) is 96.7 Å². The van der Waals surface area contributed by atoms with Crippen molar-refractivity contribution in [1.29, 1.82) is 0 Å². The van der Waals surface area contributed by atoms with Crippen LogP contribution in [0.25, 0.3) is 33.6 Å². The highest BCUT2D eigenvalue weighted by molar-refractivity contribution is 6.04. The number of benzene rings is 2. The number of likely N-dealkylation sites (tertiary alicyclic amines) is 1. The lowest BCUT2D eigenvalue weighted by atomic mass is 10.0. The molecule has 4 N–H and O–H groups in total. The number of carbonyl (C=O) groups is 1. The van der Waals surface area contributed by atoms with Gasteiger partial charge in [0.15, 0.2) is 13.9 Å². The molecule has 3 aliphatic heterocycles. The van der Waals surface area contributed by atoms with E-state index in [4.69, 9.17) is 4.98 Å². The Labute approximate surface area is 265 Å². The molecule has 5 heterocycles. The summed E-state index contributed by atoms with van der Waals surface area (Å²) in [6, 6.07) is 17.2. The summed E-state index contributed by atoms with van der Waals surface area (Å²) in [6.07, 6.45) is 8.07. The Balaban J connectivity index is 1.02. The number of hydrogen-bond acceptors (Lipinski definition) is 7. The van der Waals surface area contributed by atoms with Crippen LogP contribution in [0, 0.1) is 5.92 Å². The number of imidazole rings is 2. The van der Waals surface area contributed by atoms with Gasteiger partial charge in [0.05, 0.1) is 42.4 Å². The van der Waals surface area contributed by atoms with Crippen LogP contribution in [-0.4, -0.2) is 81.7 Å². The molecule has 1 amide bonds. The Morgan fingerprint density at radius 1 is 0.844 bits per heavy atom. The van der Waals surface area contributed by atoms with Gasteiger partial charge in [0.2, 0.25) is 5.91 Å². The molecule has 45 heavy (non-hydrogen) atoms. The molecule has 232 valence electrons. The van der Waals surface area contributed by atoms with Gasteiger partial charge < -0.3 is 30.3 Å². The number of amides is 1. The molecule has 10 nitrogen and oxygen atoms in total. The molecule has 3 atom stereocenters. The van der Waals surface area contributed by atoms with Crippen molar-refractivity contribution < 1.29 is 4.79 Å². The molecule has 0 bridgehead atoms. The summed E-state index contributed by atoms with van der Waals surface area (Å²) in [5.41, 5.74) is 6.54. The van der Waals surface area contributed by atoms with Crippen molar-refractivity contribution in [2.75, 3.05) is 26.2 Å². The van der Waals surface area contributed by atoms with Crippen molar-refractivity contribution in [3.63, 3.8) is 0 Å². The maximum atomic E-state index is 13.7. The van der Waals surface area contributed by atoms with E-state index in [2.05, 4.69) is 106 Å². The third-order valence-corrected chi connectivity index (χ3v) is 9.50. The predicted molar refractivity (Wildman–Crippen MR) is 180 cm³/mol. The van der Waals surface area contributed by atoms with Gasteiger partial charge in [0, 0.05) is 13.1 Å². The Hall–Kier alpha value is -4.38. The largest absolute Gasteiger partial charge is 0.355 e. The zero-order chi connectivity index (χ0) is 30.9. The van der Waals surface area contributed by atoms with E-state index in [1.165, 1.54) is 6.42 Å². The van der Waals surface area contributed by atoms with Gasteiger partial charge in [-0.3, -0.25) is 9.79 Å². The van der Waals surface area contributed by atoms with Gasteiger partial charge in [-0.1, -0.05) is 62.4 Å². The smallest absolute Gasteiger partial charge is 0.246 e. The molecule has 2 aromatic carbocycles. The Morgan fingerprint density at radius 2 is 1.40 bits per heavy atom. The van der Waals surface area contributed by atoms with E-state index in [0.29, 0.717) is 6.04 Å². The number of aromatic amines is 2. The normalized spacial score (nSPS) is 20.9. The van der Waals surface area contributed by atoms with Gasteiger partial charge in [-0.05, 0) is 60.4 Å². The maximum Gasteiger partial charge on any atom is 0.246 e. The summed E-state index contributed by atoms with van der Waals surface area (Å²) in [5, 5.41) is 6.58. The second-order valence-corrected chi connectivity index (χ2v) is 12.9. The van der Waals surface area contributed by atoms with Crippen LogP contribution in [0.1, 0.15) is 63.3 Å². The van der Waals surface area contributed by atoms with Crippen LogP contribution >= 0.6 is 0 Å². The third kappa shape index (κ3) is 6.01. The van der Waals surface area contributed by atoms with Crippen molar-refractivity contribution in [2.24, 2.45) is 10.9 Å². The lowest BCUT2D eigenvalue weighted by molar-refractivity contribution is -0.135. The molecule has 2 fully saturated rings. The maximum absolute atomic E-state index is 13.7. The van der Waals surface area contributed by atoms with Gasteiger partial charge >= 0.3 is 0 Å². The first-order valence-corrected chi connectivity index (χ1v) is 16.3. The number of H-pyrrole nitrogens is 2. The predicted octanol–water partition coefficient (Wildman–Crippen LogP) is 4.06. The van der Waals surface area contributed by atoms with E-state index >= 15 is 0 Å². The summed E-state index contributed by atoms with van der Waals surface area (Å²) < 4.78 is 0. The van der Waals surface area contributed by atoms with Crippen LogP contribution in [0.2, 0.25) is 0 Å². The summed E-state index contributed by atoms with van der Waals surface area (Å²) in [7, 11) is 2.17. The molecule has 11 heteroatoms. The number of nitrogens with one attached hydrogen (secondary N) is 4. The first kappa shape index (κ1) is 29.3. The summed E-state index contributed by atoms with van der Waals surface area (Å²) >= 11 is 0. The van der Waals surface area contributed by atoms with Gasteiger partial charge in [0.1, 0.15) is 17.7 Å². The highest BCUT2D eigenvalue weighted by Gasteiger charge is 2.37. The van der Waals surface area contributed by atoms with E-state index < -0.39 is 0 Å². The van der Waals surface area contributed by atoms with E-state index in [9.17, 15) is 4.79 Å². The molecule has 2 aromatic heterocycles. The van der Waals surface area contributed by atoms with Gasteiger partial charge in [0.25, 0.3) is 0 Å². The topological polar surface area (TPSA) is 117 Å². The number of aromatic nitrogens is 4. The number of guanidine groups is 1. The molecule has 0 saturated carbocycles.